The monoisotopic (exact) mass is 524 g/mol. The average molecular weight is 525 g/mol. The molecule has 4 aromatic rings. The Bertz CT molecular complexity index is 1340. The highest BCUT2D eigenvalue weighted by Crippen LogP contribution is 2.28. The first-order valence-electron chi connectivity index (χ1n) is 13.0. The fraction of sp³-hybridized carbons (Fsp3) is 0.258. The van der Waals surface area contributed by atoms with E-state index in [1.54, 1.807) is 11.8 Å². The van der Waals surface area contributed by atoms with Crippen LogP contribution in [0, 0.1) is 0 Å². The molecule has 1 aromatic heterocycles. The van der Waals surface area contributed by atoms with Crippen LogP contribution in [0.3, 0.4) is 0 Å². The highest BCUT2D eigenvalue weighted by atomic mass is 32.2. The van der Waals surface area contributed by atoms with Gasteiger partial charge < -0.3 is 15.0 Å². The Morgan fingerprint density at radius 3 is 2.50 bits per heavy atom. The van der Waals surface area contributed by atoms with E-state index >= 15 is 0 Å². The quantitative estimate of drug-likeness (QED) is 0.203. The van der Waals surface area contributed by atoms with Crippen LogP contribution in [0.5, 0.6) is 0 Å². The number of rotatable bonds is 10. The maximum Gasteiger partial charge on any atom is 0.251 e. The maximum atomic E-state index is 12.7. The van der Waals surface area contributed by atoms with Gasteiger partial charge in [-0.2, -0.15) is 0 Å². The van der Waals surface area contributed by atoms with E-state index in [4.69, 9.17) is 14.7 Å². The lowest BCUT2D eigenvalue weighted by Crippen LogP contribution is -2.31. The van der Waals surface area contributed by atoms with E-state index in [1.165, 1.54) is 5.56 Å². The molecule has 1 aliphatic rings. The summed E-state index contributed by atoms with van der Waals surface area (Å²) in [5.74, 6) is 1.46. The number of thioether (sulfide) groups is 1. The van der Waals surface area contributed by atoms with Gasteiger partial charge in [-0.1, -0.05) is 84.6 Å². The molecule has 1 atom stereocenters. The average Bonchev–Trinajstić information content (AvgIpc) is 3.50. The summed E-state index contributed by atoms with van der Waals surface area (Å²) in [6.45, 7) is 2.08. The van der Waals surface area contributed by atoms with Crippen molar-refractivity contribution in [2.24, 2.45) is 0 Å². The Balaban J connectivity index is 1.31. The van der Waals surface area contributed by atoms with Gasteiger partial charge in [0.2, 0.25) is 0 Å². The molecule has 5 rings (SSSR count). The fourth-order valence-corrected chi connectivity index (χ4v) is 5.23. The molecule has 0 spiro atoms. The minimum atomic E-state index is -0.0699. The molecule has 0 aliphatic carbocycles. The second kappa shape index (κ2) is 12.7. The molecule has 1 saturated heterocycles. The van der Waals surface area contributed by atoms with Gasteiger partial charge in [-0.25, -0.2) is 9.97 Å². The first-order chi connectivity index (χ1) is 18.6. The number of benzene rings is 3. The van der Waals surface area contributed by atoms with E-state index < -0.39 is 0 Å². The van der Waals surface area contributed by atoms with Crippen molar-refractivity contribution in [1.82, 2.24) is 15.3 Å². The Hall–Kier alpha value is -3.68. The van der Waals surface area contributed by atoms with E-state index in [0.717, 1.165) is 48.6 Å². The van der Waals surface area contributed by atoms with Gasteiger partial charge in [-0.15, -0.1) is 0 Å². The number of ether oxygens (including phenoxy) is 1. The van der Waals surface area contributed by atoms with Gasteiger partial charge in [0.05, 0.1) is 11.8 Å². The molecule has 38 heavy (non-hydrogen) atoms. The molecule has 6 nitrogen and oxygen atoms in total. The summed E-state index contributed by atoms with van der Waals surface area (Å²) in [6.07, 6.45) is 2.19. The normalized spacial score (nSPS) is 14.8. The van der Waals surface area contributed by atoms with Gasteiger partial charge >= 0.3 is 0 Å². The third-order valence-corrected chi connectivity index (χ3v) is 7.41. The zero-order valence-corrected chi connectivity index (χ0v) is 22.4. The van der Waals surface area contributed by atoms with Crippen molar-refractivity contribution < 1.29 is 9.53 Å². The summed E-state index contributed by atoms with van der Waals surface area (Å²) in [5, 5.41) is 3.71. The van der Waals surface area contributed by atoms with Crippen LogP contribution in [0.25, 0.3) is 11.3 Å². The van der Waals surface area contributed by atoms with Crippen LogP contribution in [0.2, 0.25) is 0 Å². The number of aromatic nitrogens is 2. The number of nitrogens with zero attached hydrogens (tertiary/aromatic N) is 3. The maximum absolute atomic E-state index is 12.7. The Labute approximate surface area is 228 Å². The summed E-state index contributed by atoms with van der Waals surface area (Å²) in [5.41, 5.74) is 4.87. The molecule has 1 fully saturated rings. The van der Waals surface area contributed by atoms with Crippen molar-refractivity contribution in [3.05, 3.63) is 108 Å². The first-order valence-corrected chi connectivity index (χ1v) is 13.9. The van der Waals surface area contributed by atoms with Crippen LogP contribution in [0.15, 0.2) is 96.2 Å². The van der Waals surface area contributed by atoms with Crippen molar-refractivity contribution in [1.29, 1.82) is 0 Å². The van der Waals surface area contributed by atoms with Crippen molar-refractivity contribution >= 4 is 23.5 Å². The molecule has 1 unspecified atom stereocenters. The highest BCUT2D eigenvalue weighted by Gasteiger charge is 2.17. The molecule has 0 radical (unpaired) electrons. The number of carbonyl (C=O) groups excluding carboxylic acids is 1. The van der Waals surface area contributed by atoms with Gasteiger partial charge in [0.1, 0.15) is 5.82 Å². The van der Waals surface area contributed by atoms with Crippen LogP contribution in [-0.4, -0.2) is 42.2 Å². The molecule has 0 saturated carbocycles. The standard InChI is InChI=1S/C31H32N4O2S/c1-35(21-23-10-4-2-5-11-23)29-19-28(25-13-6-3-7-14-25)33-31(34-29)38-22-24-12-8-15-26(18-24)30(36)32-20-27-16-9-17-37-27/h2-8,10-15,18-19,27H,9,16-17,20-22H2,1H3,(H,32,36). The largest absolute Gasteiger partial charge is 0.376 e. The predicted molar refractivity (Wildman–Crippen MR) is 153 cm³/mol. The van der Waals surface area contributed by atoms with Gasteiger partial charge in [0.15, 0.2) is 5.16 Å². The molecule has 7 heteroatoms. The molecule has 3 aromatic carbocycles. The van der Waals surface area contributed by atoms with E-state index in [2.05, 4.69) is 53.7 Å². The molecular formula is C31H32N4O2S. The third-order valence-electron chi connectivity index (χ3n) is 6.49. The van der Waals surface area contributed by atoms with Crippen molar-refractivity contribution in [3.63, 3.8) is 0 Å². The zero-order chi connectivity index (χ0) is 26.2. The Kier molecular flexibility index (Phi) is 8.68. The summed E-state index contributed by atoms with van der Waals surface area (Å²) < 4.78 is 5.62. The molecular weight excluding hydrogens is 492 g/mol. The zero-order valence-electron chi connectivity index (χ0n) is 21.5. The summed E-state index contributed by atoms with van der Waals surface area (Å²) in [4.78, 5) is 24.6. The summed E-state index contributed by atoms with van der Waals surface area (Å²) in [6, 6.07) is 30.4. The number of nitrogens with one attached hydrogen (secondary N) is 1. The van der Waals surface area contributed by atoms with Gasteiger partial charge in [-0.3, -0.25) is 4.79 Å². The molecule has 194 valence electrons. The minimum Gasteiger partial charge on any atom is -0.376 e. The predicted octanol–water partition coefficient (Wildman–Crippen LogP) is 5.98. The number of hydrogen-bond donors (Lipinski definition) is 1. The first kappa shape index (κ1) is 25.9. The molecule has 1 amide bonds. The van der Waals surface area contributed by atoms with Gasteiger partial charge in [0.25, 0.3) is 5.91 Å². The molecule has 1 N–H and O–H groups in total. The van der Waals surface area contributed by atoms with Crippen molar-refractivity contribution in [2.75, 3.05) is 25.1 Å². The lowest BCUT2D eigenvalue weighted by molar-refractivity contribution is 0.0857. The van der Waals surface area contributed by atoms with Crippen LogP contribution in [0.4, 0.5) is 5.82 Å². The highest BCUT2D eigenvalue weighted by molar-refractivity contribution is 7.98. The molecule has 2 heterocycles. The van der Waals surface area contributed by atoms with Crippen LogP contribution < -0.4 is 10.2 Å². The van der Waals surface area contributed by atoms with Crippen LogP contribution in [0.1, 0.15) is 34.3 Å². The lowest BCUT2D eigenvalue weighted by Gasteiger charge is -2.20. The summed E-state index contributed by atoms with van der Waals surface area (Å²) >= 11 is 1.57. The number of amides is 1. The lowest BCUT2D eigenvalue weighted by atomic mass is 10.1. The second-order valence-electron chi connectivity index (χ2n) is 9.44. The molecule has 1 aliphatic heterocycles. The van der Waals surface area contributed by atoms with Crippen LogP contribution >= 0.6 is 11.8 Å². The van der Waals surface area contributed by atoms with E-state index in [-0.39, 0.29) is 12.0 Å². The van der Waals surface area contributed by atoms with E-state index in [9.17, 15) is 4.79 Å². The van der Waals surface area contributed by atoms with Gasteiger partial charge in [0, 0.05) is 49.7 Å². The van der Waals surface area contributed by atoms with E-state index in [1.807, 2.05) is 54.6 Å². The van der Waals surface area contributed by atoms with Gasteiger partial charge in [-0.05, 0) is 36.1 Å². The minimum absolute atomic E-state index is 0.0699. The van der Waals surface area contributed by atoms with Crippen molar-refractivity contribution in [3.8, 4) is 11.3 Å². The molecule has 0 bridgehead atoms. The smallest absolute Gasteiger partial charge is 0.251 e. The topological polar surface area (TPSA) is 67.4 Å². The Morgan fingerprint density at radius 2 is 1.74 bits per heavy atom. The SMILES string of the molecule is CN(Cc1ccccc1)c1cc(-c2ccccc2)nc(SCc2cccc(C(=O)NCC3CCCO3)c2)n1. The second-order valence-corrected chi connectivity index (χ2v) is 10.4. The number of hydrogen-bond acceptors (Lipinski definition) is 6. The van der Waals surface area contributed by atoms with E-state index in [0.29, 0.717) is 23.0 Å². The number of anilines is 1. The fourth-order valence-electron chi connectivity index (χ4n) is 4.43. The number of carbonyl (C=O) groups is 1. The third kappa shape index (κ3) is 7.00. The summed E-state index contributed by atoms with van der Waals surface area (Å²) in [7, 11) is 2.05. The van der Waals surface area contributed by atoms with Crippen LogP contribution in [-0.2, 0) is 17.0 Å². The Morgan fingerprint density at radius 1 is 0.974 bits per heavy atom. The van der Waals surface area contributed by atoms with Crippen molar-refractivity contribution in [2.45, 2.75) is 36.4 Å².